The molecule has 0 bridgehead atoms. The fourth-order valence-electron chi connectivity index (χ4n) is 4.82. The van der Waals surface area contributed by atoms with Crippen molar-refractivity contribution in [2.75, 3.05) is 37.9 Å². The molecule has 0 radical (unpaired) electrons. The first-order valence-corrected chi connectivity index (χ1v) is 13.1. The van der Waals surface area contributed by atoms with Crippen LogP contribution < -0.4 is 25.0 Å². The molecule has 8 nitrogen and oxygen atoms in total. The normalized spacial score (nSPS) is 16.8. The molecule has 0 spiro atoms. The fourth-order valence-corrected chi connectivity index (χ4v) is 5.78. The Morgan fingerprint density at radius 1 is 1.00 bits per heavy atom. The highest BCUT2D eigenvalue weighted by Crippen LogP contribution is 2.33. The molecule has 10 heteroatoms. The molecule has 3 aromatic rings. The zero-order valence-corrected chi connectivity index (χ0v) is 21.3. The van der Waals surface area contributed by atoms with Crippen molar-refractivity contribution >= 4 is 28.8 Å². The molecule has 0 unspecified atom stereocenters. The number of piperazine rings is 1. The average Bonchev–Trinajstić information content (AvgIpc) is 3.60. The number of amides is 2. The summed E-state index contributed by atoms with van der Waals surface area (Å²) in [6.07, 6.45) is 0. The van der Waals surface area contributed by atoms with Gasteiger partial charge in [-0.05, 0) is 48.2 Å². The van der Waals surface area contributed by atoms with Gasteiger partial charge in [-0.15, -0.1) is 11.3 Å². The Bertz CT molecular complexity index is 1250. The molecule has 1 aromatic heterocycles. The van der Waals surface area contributed by atoms with E-state index in [1.165, 1.54) is 6.07 Å². The van der Waals surface area contributed by atoms with Gasteiger partial charge in [0.1, 0.15) is 5.82 Å². The van der Waals surface area contributed by atoms with E-state index in [1.807, 2.05) is 41.5 Å². The third kappa shape index (κ3) is 5.70. The second-order valence-electron chi connectivity index (χ2n) is 9.07. The molecule has 2 atom stereocenters. The number of para-hydroxylation sites is 1. The molecule has 194 valence electrons. The minimum atomic E-state index is -0.696. The Balaban J connectivity index is 1.19. The molecule has 37 heavy (non-hydrogen) atoms. The van der Waals surface area contributed by atoms with Gasteiger partial charge in [0.05, 0.1) is 11.7 Å². The first kappa shape index (κ1) is 25.0. The van der Waals surface area contributed by atoms with E-state index in [-0.39, 0.29) is 31.2 Å². The van der Waals surface area contributed by atoms with Crippen LogP contribution in [0.3, 0.4) is 0 Å². The second-order valence-corrected chi connectivity index (χ2v) is 10.0. The minimum absolute atomic E-state index is 0.103. The fraction of sp³-hybridized carbons (Fsp3) is 0.333. The molecule has 5 rings (SSSR count). The van der Waals surface area contributed by atoms with Gasteiger partial charge >= 0.3 is 11.8 Å². The van der Waals surface area contributed by atoms with Crippen molar-refractivity contribution in [2.45, 2.75) is 25.6 Å². The van der Waals surface area contributed by atoms with Gasteiger partial charge in [-0.2, -0.15) is 0 Å². The van der Waals surface area contributed by atoms with Crippen LogP contribution in [0.15, 0.2) is 60.0 Å². The summed E-state index contributed by atoms with van der Waals surface area (Å²) in [6, 6.07) is 15.8. The van der Waals surface area contributed by atoms with Gasteiger partial charge in [0.2, 0.25) is 6.79 Å². The van der Waals surface area contributed by atoms with E-state index >= 15 is 0 Å². The zero-order valence-electron chi connectivity index (χ0n) is 20.5. The summed E-state index contributed by atoms with van der Waals surface area (Å²) in [4.78, 5) is 30.8. The van der Waals surface area contributed by atoms with Crippen LogP contribution in [0.1, 0.15) is 23.4 Å². The van der Waals surface area contributed by atoms with Gasteiger partial charge in [0.25, 0.3) is 0 Å². The molecule has 0 saturated carbocycles. The molecule has 2 N–H and O–H groups in total. The van der Waals surface area contributed by atoms with E-state index in [1.54, 1.807) is 35.6 Å². The average molecular weight is 525 g/mol. The molecule has 1 fully saturated rings. The number of nitrogens with zero attached hydrogens (tertiary/aromatic N) is 2. The third-order valence-electron chi connectivity index (χ3n) is 6.66. The standard InChI is InChI=1S/C27H29FN4O4S/c1-18(30-27(34)26(33)29-16-19-8-9-22-23(15-19)36-17-35-22)25(24-7-4-14-37-24)32-12-10-31(11-13-32)21-6-3-2-5-20(21)28/h2-9,14-15,18,25H,10-13,16-17H2,1H3,(H,29,33)(H,30,34)/t18-,25-/m0/s1. The lowest BCUT2D eigenvalue weighted by atomic mass is 10.0. The van der Waals surface area contributed by atoms with Gasteiger partial charge in [-0.25, -0.2) is 4.39 Å². The molecule has 2 aliphatic rings. The van der Waals surface area contributed by atoms with Crippen LogP contribution in [0.5, 0.6) is 11.5 Å². The number of carbonyl (C=O) groups is 2. The highest BCUT2D eigenvalue weighted by molar-refractivity contribution is 7.10. The Labute approximate surface area is 219 Å². The predicted octanol–water partition coefficient (Wildman–Crippen LogP) is 3.30. The van der Waals surface area contributed by atoms with Crippen molar-refractivity contribution in [3.05, 3.63) is 76.2 Å². The number of halogens is 1. The molecule has 1 saturated heterocycles. The quantitative estimate of drug-likeness (QED) is 0.462. The van der Waals surface area contributed by atoms with Crippen LogP contribution >= 0.6 is 11.3 Å². The van der Waals surface area contributed by atoms with E-state index < -0.39 is 11.8 Å². The van der Waals surface area contributed by atoms with Gasteiger partial charge in [-0.3, -0.25) is 14.5 Å². The van der Waals surface area contributed by atoms with Gasteiger partial charge in [0, 0.05) is 43.6 Å². The topological polar surface area (TPSA) is 83.1 Å². The largest absolute Gasteiger partial charge is 0.454 e. The van der Waals surface area contributed by atoms with Crippen molar-refractivity contribution in [3.63, 3.8) is 0 Å². The van der Waals surface area contributed by atoms with Gasteiger partial charge < -0.3 is 25.0 Å². The monoisotopic (exact) mass is 524 g/mol. The maximum atomic E-state index is 14.3. The number of anilines is 1. The van der Waals surface area contributed by atoms with Crippen LogP contribution in [-0.2, 0) is 16.1 Å². The summed E-state index contributed by atoms with van der Waals surface area (Å²) in [6.45, 7) is 5.02. The lowest BCUT2D eigenvalue weighted by Crippen LogP contribution is -2.53. The molecule has 3 heterocycles. The molecule has 0 aliphatic carbocycles. The maximum absolute atomic E-state index is 14.3. The summed E-state index contributed by atoms with van der Waals surface area (Å²) in [5.74, 6) is -0.313. The highest BCUT2D eigenvalue weighted by Gasteiger charge is 2.32. The lowest BCUT2D eigenvalue weighted by molar-refractivity contribution is -0.140. The Hall–Kier alpha value is -3.63. The van der Waals surface area contributed by atoms with Gasteiger partial charge in [-0.1, -0.05) is 24.3 Å². The Morgan fingerprint density at radius 3 is 2.54 bits per heavy atom. The second kappa shape index (κ2) is 11.2. The van der Waals surface area contributed by atoms with Crippen LogP contribution in [0, 0.1) is 5.82 Å². The third-order valence-corrected chi connectivity index (χ3v) is 7.61. The molecular weight excluding hydrogens is 495 g/mol. The molecule has 2 aromatic carbocycles. The van der Waals surface area contributed by atoms with Crippen molar-refractivity contribution < 1.29 is 23.5 Å². The smallest absolute Gasteiger partial charge is 0.309 e. The Kier molecular flexibility index (Phi) is 7.57. The van der Waals surface area contributed by atoms with Crippen molar-refractivity contribution in [2.24, 2.45) is 0 Å². The number of hydrogen-bond donors (Lipinski definition) is 2. The molecular formula is C27H29FN4O4S. The van der Waals surface area contributed by atoms with Crippen LogP contribution in [0.25, 0.3) is 0 Å². The van der Waals surface area contributed by atoms with E-state index in [0.717, 1.165) is 10.4 Å². The number of fused-ring (bicyclic) bond motifs is 1. The number of nitrogens with one attached hydrogen (secondary N) is 2. The van der Waals surface area contributed by atoms with Crippen LogP contribution in [-0.4, -0.2) is 55.7 Å². The predicted molar refractivity (Wildman–Crippen MR) is 139 cm³/mol. The summed E-state index contributed by atoms with van der Waals surface area (Å²) in [7, 11) is 0. The number of ether oxygens (including phenoxy) is 2. The van der Waals surface area contributed by atoms with E-state index in [4.69, 9.17) is 9.47 Å². The number of hydrogen-bond acceptors (Lipinski definition) is 7. The number of carbonyl (C=O) groups excluding carboxylic acids is 2. The van der Waals surface area contributed by atoms with Crippen LogP contribution in [0.4, 0.5) is 10.1 Å². The minimum Gasteiger partial charge on any atom is -0.454 e. The lowest BCUT2D eigenvalue weighted by Gasteiger charge is -2.42. The summed E-state index contributed by atoms with van der Waals surface area (Å²) in [5, 5.41) is 7.57. The number of thiophene rings is 1. The first-order valence-electron chi connectivity index (χ1n) is 12.2. The van der Waals surface area contributed by atoms with E-state index in [0.29, 0.717) is 43.4 Å². The summed E-state index contributed by atoms with van der Waals surface area (Å²) >= 11 is 1.62. The Morgan fingerprint density at radius 2 is 1.78 bits per heavy atom. The zero-order chi connectivity index (χ0) is 25.8. The highest BCUT2D eigenvalue weighted by atomic mass is 32.1. The van der Waals surface area contributed by atoms with Crippen molar-refractivity contribution in [1.82, 2.24) is 15.5 Å². The first-order chi connectivity index (χ1) is 18.0. The summed E-state index contributed by atoms with van der Waals surface area (Å²) in [5.41, 5.74) is 1.41. The summed E-state index contributed by atoms with van der Waals surface area (Å²) < 4.78 is 24.9. The molecule has 2 aliphatic heterocycles. The van der Waals surface area contributed by atoms with E-state index in [2.05, 4.69) is 15.5 Å². The van der Waals surface area contributed by atoms with Crippen molar-refractivity contribution in [3.8, 4) is 11.5 Å². The van der Waals surface area contributed by atoms with Crippen LogP contribution in [0.2, 0.25) is 0 Å². The maximum Gasteiger partial charge on any atom is 0.309 e. The number of benzene rings is 2. The van der Waals surface area contributed by atoms with E-state index in [9.17, 15) is 14.0 Å². The number of rotatable bonds is 7. The van der Waals surface area contributed by atoms with Gasteiger partial charge in [0.15, 0.2) is 11.5 Å². The van der Waals surface area contributed by atoms with Crippen molar-refractivity contribution in [1.29, 1.82) is 0 Å². The SMILES string of the molecule is C[C@H](NC(=O)C(=O)NCc1ccc2c(c1)OCO2)[C@@H](c1cccs1)N1CCN(c2ccccc2F)CC1. The molecule has 2 amide bonds.